The Kier molecular flexibility index (Phi) is 8.37. The van der Waals surface area contributed by atoms with Crippen LogP contribution in [-0.4, -0.2) is 0 Å². The van der Waals surface area contributed by atoms with E-state index in [1.807, 2.05) is 36.4 Å². The van der Waals surface area contributed by atoms with Crippen LogP contribution in [-0.2, 0) is 16.1 Å². The largest absolute Gasteiger partial charge is 0.0906 e. The molecule has 0 spiro atoms. The fourth-order valence-corrected chi connectivity index (χ4v) is 25.1. The third kappa shape index (κ3) is 5.81. The van der Waals surface area contributed by atoms with Crippen LogP contribution >= 0.6 is 6.57 Å². The van der Waals surface area contributed by atoms with Crippen molar-refractivity contribution in [3.8, 4) is 0 Å². The van der Waals surface area contributed by atoms with Crippen molar-refractivity contribution in [2.45, 2.75) is 39.4 Å². The van der Waals surface area contributed by atoms with Crippen molar-refractivity contribution in [2.75, 3.05) is 0 Å². The van der Waals surface area contributed by atoms with E-state index in [-0.39, 0.29) is 0 Å². The molecule has 0 N–H and O–H groups in total. The van der Waals surface area contributed by atoms with Crippen LogP contribution < -0.4 is 5.30 Å². The van der Waals surface area contributed by atoms with Crippen molar-refractivity contribution in [2.24, 2.45) is 23.7 Å². The van der Waals surface area contributed by atoms with Crippen molar-refractivity contribution in [3.05, 3.63) is 140 Å². The molecule has 3 aliphatic carbocycles. The van der Waals surface area contributed by atoms with Crippen LogP contribution in [0.15, 0.2) is 128 Å². The van der Waals surface area contributed by atoms with Crippen LogP contribution in [0.2, 0.25) is 13.7 Å². The van der Waals surface area contributed by atoms with Gasteiger partial charge in [-0.15, -0.1) is 0 Å². The first kappa shape index (κ1) is 27.0. The summed E-state index contributed by atoms with van der Waals surface area (Å²) < 4.78 is 4.48. The van der Waals surface area contributed by atoms with E-state index in [0.717, 1.165) is 50.2 Å². The van der Waals surface area contributed by atoms with Crippen molar-refractivity contribution >= 4 is 23.0 Å². The van der Waals surface area contributed by atoms with Gasteiger partial charge >= 0.3 is 146 Å². The molecule has 3 fully saturated rings. The van der Waals surface area contributed by atoms with Gasteiger partial charge < -0.3 is 0 Å². The number of hydrogen-bond acceptors (Lipinski definition) is 0. The topological polar surface area (TPSA) is 0 Å². The molecule has 1 heterocycles. The maximum atomic E-state index is 4.10. The van der Waals surface area contributed by atoms with Crippen LogP contribution in [0.25, 0.3) is 11.1 Å². The quantitative estimate of drug-likeness (QED) is 0.159. The van der Waals surface area contributed by atoms with Gasteiger partial charge in [0.1, 0.15) is 0 Å². The first-order chi connectivity index (χ1) is 19.2. The molecule has 7 rings (SSSR count). The van der Waals surface area contributed by atoms with E-state index in [4.69, 9.17) is 0 Å². The van der Waals surface area contributed by atoms with Crippen molar-refractivity contribution < 1.29 is 16.1 Å². The second-order valence-electron chi connectivity index (χ2n) is 11.9. The number of benzene rings is 3. The van der Waals surface area contributed by atoms with E-state index in [2.05, 4.69) is 92.1 Å². The molecule has 1 saturated heterocycles. The van der Waals surface area contributed by atoms with E-state index in [1.165, 1.54) is 25.8 Å². The molecule has 39 heavy (non-hydrogen) atoms. The summed E-state index contributed by atoms with van der Waals surface area (Å²) in [4.78, 5) is 0. The Labute approximate surface area is 240 Å². The van der Waals surface area contributed by atoms with Gasteiger partial charge in [-0.1, -0.05) is 73.8 Å². The van der Waals surface area contributed by atoms with Crippen LogP contribution in [0.4, 0.5) is 0 Å². The molecule has 0 nitrogen and oxygen atoms in total. The predicted octanol–water partition coefficient (Wildman–Crippen LogP) is 10.3. The Morgan fingerprint density at radius 3 is 1.64 bits per heavy atom. The molecule has 2 saturated carbocycles. The molecule has 0 radical (unpaired) electrons. The molecule has 4 aliphatic rings. The summed E-state index contributed by atoms with van der Waals surface area (Å²) in [5.41, 5.74) is 4.20. The smallest absolute Gasteiger partial charge is 0.0183 e. The standard InChI is InChI=1S/C16H14.C13H17.C6H6P.C2H4.Ti/c1-13(15-9-5-3-6-10-15)14(2)16-11-7-4-8-12-16;1-3-7-12-10(5-1)9-11-6-2-4-8-13(11)12;7-6-4-2-1-3-5-6;1-2;/h3-12H,1-2H2;1,3,5,7,9-13H,2,4,6,8H2;1-5,7H;1-2H2;/q;;-1;;+1. The summed E-state index contributed by atoms with van der Waals surface area (Å²) in [6.45, 7) is 9.42. The summed E-state index contributed by atoms with van der Waals surface area (Å²) in [5.74, 6) is 3.94. The molecule has 198 valence electrons. The summed E-state index contributed by atoms with van der Waals surface area (Å²) >= 11 is -1.62. The number of rotatable bonds is 6. The molecule has 6 unspecified atom stereocenters. The predicted molar refractivity (Wildman–Crippen MR) is 169 cm³/mol. The molecule has 0 amide bonds. The fraction of sp³-hybridized carbons (Fsp3) is 0.297. The molecule has 2 heteroatoms. The van der Waals surface area contributed by atoms with E-state index < -0.39 is 16.1 Å². The average Bonchev–Trinajstić information content (AvgIpc) is 3.70. The molecular formula is C37H41PTi. The van der Waals surface area contributed by atoms with Gasteiger partial charge in [0, 0.05) is 0 Å². The number of hydrogen-bond donors (Lipinski definition) is 0. The van der Waals surface area contributed by atoms with Gasteiger partial charge in [-0.2, -0.15) is 0 Å². The molecule has 1 aliphatic heterocycles. The number of fused-ring (bicyclic) bond motifs is 3. The van der Waals surface area contributed by atoms with Crippen LogP contribution in [0.1, 0.15) is 36.8 Å². The molecule has 3 aromatic carbocycles. The Morgan fingerprint density at radius 2 is 1.10 bits per heavy atom. The first-order valence-electron chi connectivity index (χ1n) is 14.8. The average molecular weight is 565 g/mol. The molecular weight excluding hydrogens is 523 g/mol. The van der Waals surface area contributed by atoms with Gasteiger partial charge in [0.05, 0.1) is 0 Å². The van der Waals surface area contributed by atoms with Crippen molar-refractivity contribution in [1.29, 1.82) is 0 Å². The molecule has 3 aromatic rings. The van der Waals surface area contributed by atoms with Gasteiger partial charge in [0.15, 0.2) is 0 Å². The van der Waals surface area contributed by atoms with Gasteiger partial charge in [-0.05, 0) is 22.3 Å². The monoisotopic (exact) mass is 564 g/mol. The first-order valence-corrected chi connectivity index (χ1v) is 21.3. The SMILES string of the molecule is C1=CC2C(C=C1)[CH]([Ti]1([PH]c3ccccc3)[CH2][CH2]1)C1CCCCC21.C=C(C(=C)c1ccccc1)c1ccccc1. The van der Waals surface area contributed by atoms with Gasteiger partial charge in [0.25, 0.3) is 0 Å². The summed E-state index contributed by atoms with van der Waals surface area (Å²) in [7, 11) is 0. The summed E-state index contributed by atoms with van der Waals surface area (Å²) in [5, 5.41) is 1.68. The zero-order valence-electron chi connectivity index (χ0n) is 23.0. The third-order valence-electron chi connectivity index (χ3n) is 9.67. The molecule has 0 bridgehead atoms. The minimum atomic E-state index is -1.62. The van der Waals surface area contributed by atoms with Gasteiger partial charge in [-0.3, -0.25) is 0 Å². The van der Waals surface area contributed by atoms with Gasteiger partial charge in [0.2, 0.25) is 0 Å². The Morgan fingerprint density at radius 1 is 0.615 bits per heavy atom. The Hall–Kier alpha value is -2.24. The second-order valence-corrected chi connectivity index (χ2v) is 24.2. The van der Waals surface area contributed by atoms with Crippen LogP contribution in [0.5, 0.6) is 0 Å². The van der Waals surface area contributed by atoms with Crippen molar-refractivity contribution in [3.63, 3.8) is 0 Å². The minimum absolute atomic E-state index is 0.902. The maximum absolute atomic E-state index is 4.10. The van der Waals surface area contributed by atoms with E-state index in [1.54, 1.807) is 21.2 Å². The van der Waals surface area contributed by atoms with E-state index in [0.29, 0.717) is 0 Å². The zero-order valence-corrected chi connectivity index (χ0v) is 25.6. The molecule has 0 aromatic heterocycles. The van der Waals surface area contributed by atoms with Crippen LogP contribution in [0, 0.1) is 23.7 Å². The third-order valence-corrected chi connectivity index (χ3v) is 23.6. The fourth-order valence-electron chi connectivity index (χ4n) is 7.72. The second kappa shape index (κ2) is 12.1. The Balaban J connectivity index is 0.000000153. The van der Waals surface area contributed by atoms with E-state index >= 15 is 0 Å². The summed E-state index contributed by atoms with van der Waals surface area (Å²) in [6, 6.07) is 31.8. The normalized spacial score (nSPS) is 27.7. The summed E-state index contributed by atoms with van der Waals surface area (Å²) in [6.07, 6.45) is 16.0. The minimum Gasteiger partial charge on any atom is -0.0906 e. The van der Waals surface area contributed by atoms with Gasteiger partial charge in [-0.25, -0.2) is 0 Å². The Bertz CT molecular complexity index is 1290. The van der Waals surface area contributed by atoms with Crippen molar-refractivity contribution in [1.82, 2.24) is 0 Å². The zero-order chi connectivity index (χ0) is 26.7. The van der Waals surface area contributed by atoms with Crippen LogP contribution in [0.3, 0.4) is 0 Å². The van der Waals surface area contributed by atoms with E-state index in [9.17, 15) is 0 Å². The number of allylic oxidation sites excluding steroid dienone is 6. The molecule has 6 atom stereocenters. The maximum Gasteiger partial charge on any atom is -0.0183 e.